The van der Waals surface area contributed by atoms with Crippen LogP contribution in [0.5, 0.6) is 0 Å². The Hall–Kier alpha value is -2.40. The number of halogens is 1. The summed E-state index contributed by atoms with van der Waals surface area (Å²) < 4.78 is 32.3. The third-order valence-corrected chi connectivity index (χ3v) is 9.62. The summed E-state index contributed by atoms with van der Waals surface area (Å²) in [5, 5.41) is 2.51. The van der Waals surface area contributed by atoms with Gasteiger partial charge >= 0.3 is 0 Å². The summed E-state index contributed by atoms with van der Waals surface area (Å²) in [6, 6.07) is 10.2. The van der Waals surface area contributed by atoms with Crippen molar-refractivity contribution in [1.29, 1.82) is 0 Å². The molecule has 1 aromatic carbocycles. The van der Waals surface area contributed by atoms with Crippen molar-refractivity contribution in [3.63, 3.8) is 0 Å². The predicted molar refractivity (Wildman–Crippen MR) is 153 cm³/mol. The molecule has 9 nitrogen and oxygen atoms in total. The SMILES string of the molecule is COC[C@H](N)[C@H](Cc1ccccc1)NC(=O)c1cc(N(C)S(=O)(=O)C(C)C)nc(N(C)C[C@H]2C[C@@H]2C)c1Cl. The van der Waals surface area contributed by atoms with Crippen LogP contribution in [0.25, 0.3) is 0 Å². The molecule has 0 unspecified atom stereocenters. The normalized spacial score (nSPS) is 18.7. The minimum absolute atomic E-state index is 0.125. The number of aromatic nitrogens is 1. The van der Waals surface area contributed by atoms with Crippen molar-refractivity contribution in [1.82, 2.24) is 10.3 Å². The molecule has 0 aliphatic heterocycles. The first-order chi connectivity index (χ1) is 17.9. The van der Waals surface area contributed by atoms with Crippen LogP contribution >= 0.6 is 11.6 Å². The topological polar surface area (TPSA) is 118 Å². The number of ether oxygens (including phenoxy) is 1. The number of sulfonamides is 1. The number of carbonyl (C=O) groups is 1. The van der Waals surface area contributed by atoms with E-state index in [2.05, 4.69) is 17.2 Å². The Morgan fingerprint density at radius 3 is 2.45 bits per heavy atom. The lowest BCUT2D eigenvalue weighted by atomic mass is 9.99. The van der Waals surface area contributed by atoms with Gasteiger partial charge in [-0.2, -0.15) is 0 Å². The summed E-state index contributed by atoms with van der Waals surface area (Å²) in [7, 11) is 1.16. The fourth-order valence-electron chi connectivity index (χ4n) is 4.35. The van der Waals surface area contributed by atoms with Gasteiger partial charge in [-0.15, -0.1) is 0 Å². The summed E-state index contributed by atoms with van der Waals surface area (Å²) >= 11 is 6.79. The summed E-state index contributed by atoms with van der Waals surface area (Å²) in [4.78, 5) is 20.2. The first-order valence-electron chi connectivity index (χ1n) is 12.9. The van der Waals surface area contributed by atoms with Crippen LogP contribution in [0.1, 0.15) is 43.1 Å². The number of carbonyl (C=O) groups excluding carboxylic acids is 1. The van der Waals surface area contributed by atoms with E-state index in [1.54, 1.807) is 21.0 Å². The highest BCUT2D eigenvalue weighted by molar-refractivity contribution is 7.93. The summed E-state index contributed by atoms with van der Waals surface area (Å²) in [6.45, 7) is 6.33. The van der Waals surface area contributed by atoms with Crippen LogP contribution < -0.4 is 20.3 Å². The molecule has 38 heavy (non-hydrogen) atoms. The second-order valence-electron chi connectivity index (χ2n) is 10.5. The lowest BCUT2D eigenvalue weighted by Gasteiger charge is -2.27. The van der Waals surface area contributed by atoms with E-state index in [1.807, 2.05) is 42.3 Å². The molecule has 210 valence electrons. The van der Waals surface area contributed by atoms with Crippen LogP contribution in [-0.2, 0) is 21.2 Å². The van der Waals surface area contributed by atoms with Crippen molar-refractivity contribution in [3.8, 4) is 0 Å². The lowest BCUT2D eigenvalue weighted by Crippen LogP contribution is -2.51. The number of anilines is 2. The van der Waals surface area contributed by atoms with Crippen LogP contribution in [0.2, 0.25) is 5.02 Å². The first kappa shape index (κ1) is 30.1. The number of nitrogens with two attached hydrogens (primary N) is 1. The zero-order valence-corrected chi connectivity index (χ0v) is 24.6. The standard InChI is InChI=1S/C27H40ClN5O4S/c1-17(2)38(35,36)33(5)24-14-21(25(28)26(31-24)32(4)15-20-12-18(20)3)27(34)30-23(22(29)16-37-6)13-19-10-8-7-9-11-19/h7-11,14,17-18,20,22-23H,12-13,15-16,29H2,1-6H3,(H,30,34)/t18-,20+,22-,23-/m0/s1. The molecule has 0 radical (unpaired) electrons. The molecule has 11 heteroatoms. The van der Waals surface area contributed by atoms with E-state index < -0.39 is 33.3 Å². The molecule has 1 fully saturated rings. The Balaban J connectivity index is 2.00. The van der Waals surface area contributed by atoms with Gasteiger partial charge in [0.05, 0.1) is 28.5 Å². The molecule has 1 saturated carbocycles. The number of rotatable bonds is 13. The molecule has 3 N–H and O–H groups in total. The van der Waals surface area contributed by atoms with Crippen molar-refractivity contribution in [2.75, 3.05) is 43.6 Å². The number of pyridine rings is 1. The fourth-order valence-corrected chi connectivity index (χ4v) is 5.67. The molecular formula is C27H40ClN5O4S. The monoisotopic (exact) mass is 565 g/mol. The lowest BCUT2D eigenvalue weighted by molar-refractivity contribution is 0.0913. The Morgan fingerprint density at radius 1 is 1.26 bits per heavy atom. The maximum absolute atomic E-state index is 13.7. The van der Waals surface area contributed by atoms with Crippen LogP contribution in [0.15, 0.2) is 36.4 Å². The first-order valence-corrected chi connectivity index (χ1v) is 14.7. The maximum atomic E-state index is 13.7. The molecule has 1 aromatic heterocycles. The fraction of sp³-hybridized carbons (Fsp3) is 0.556. The minimum atomic E-state index is -3.69. The molecule has 0 spiro atoms. The molecule has 1 amide bonds. The Bertz CT molecular complexity index is 1210. The summed E-state index contributed by atoms with van der Waals surface area (Å²) in [6.07, 6.45) is 1.59. The van der Waals surface area contributed by atoms with Gasteiger partial charge < -0.3 is 20.7 Å². The van der Waals surface area contributed by atoms with Crippen LogP contribution in [0.4, 0.5) is 11.6 Å². The van der Waals surface area contributed by atoms with Gasteiger partial charge in [0.25, 0.3) is 5.91 Å². The largest absolute Gasteiger partial charge is 0.383 e. The Kier molecular flexibility index (Phi) is 10.0. The molecule has 1 aliphatic rings. The third-order valence-electron chi connectivity index (χ3n) is 7.11. The highest BCUT2D eigenvalue weighted by Crippen LogP contribution is 2.40. The van der Waals surface area contributed by atoms with Crippen LogP contribution in [0, 0.1) is 11.8 Å². The van der Waals surface area contributed by atoms with Crippen molar-refractivity contribution < 1.29 is 17.9 Å². The highest BCUT2D eigenvalue weighted by Gasteiger charge is 2.35. The average Bonchev–Trinajstić information content (AvgIpc) is 3.57. The molecule has 0 saturated heterocycles. The zero-order chi connectivity index (χ0) is 28.2. The highest BCUT2D eigenvalue weighted by atomic mass is 35.5. The minimum Gasteiger partial charge on any atom is -0.383 e. The Labute approximate surface area is 231 Å². The number of hydrogen-bond acceptors (Lipinski definition) is 7. The number of nitrogens with zero attached hydrogens (tertiary/aromatic N) is 3. The molecule has 1 heterocycles. The number of benzene rings is 1. The second-order valence-corrected chi connectivity index (χ2v) is 13.4. The van der Waals surface area contributed by atoms with E-state index >= 15 is 0 Å². The van der Waals surface area contributed by atoms with Gasteiger partial charge in [0.15, 0.2) is 0 Å². The third kappa shape index (κ3) is 7.16. The van der Waals surface area contributed by atoms with Gasteiger partial charge in [-0.1, -0.05) is 48.9 Å². The second kappa shape index (κ2) is 12.6. The van der Waals surface area contributed by atoms with Gasteiger partial charge in [-0.25, -0.2) is 13.4 Å². The van der Waals surface area contributed by atoms with Gasteiger partial charge in [0, 0.05) is 33.8 Å². The molecule has 3 rings (SSSR count). The van der Waals surface area contributed by atoms with Crippen LogP contribution in [-0.4, -0.2) is 71.0 Å². The number of methoxy groups -OCH3 is 1. The smallest absolute Gasteiger partial charge is 0.253 e. The number of nitrogens with one attached hydrogen (secondary N) is 1. The Morgan fingerprint density at radius 2 is 1.89 bits per heavy atom. The van der Waals surface area contributed by atoms with Crippen molar-refractivity contribution >= 4 is 39.2 Å². The molecular weight excluding hydrogens is 526 g/mol. The maximum Gasteiger partial charge on any atom is 0.253 e. The summed E-state index contributed by atoms with van der Waals surface area (Å²) in [5.41, 5.74) is 7.52. The molecule has 4 atom stereocenters. The van der Waals surface area contributed by atoms with Gasteiger partial charge in [-0.05, 0) is 50.2 Å². The zero-order valence-electron chi connectivity index (χ0n) is 23.0. The van der Waals surface area contributed by atoms with E-state index in [4.69, 9.17) is 22.1 Å². The quantitative estimate of drug-likeness (QED) is 0.382. The van der Waals surface area contributed by atoms with Crippen molar-refractivity contribution in [3.05, 3.63) is 52.5 Å². The molecule has 2 aromatic rings. The number of hydrogen-bond donors (Lipinski definition) is 2. The predicted octanol–water partition coefficient (Wildman–Crippen LogP) is 3.32. The average molecular weight is 566 g/mol. The van der Waals surface area contributed by atoms with E-state index in [0.717, 1.165) is 16.3 Å². The molecule has 1 aliphatic carbocycles. The molecule has 0 bridgehead atoms. The van der Waals surface area contributed by atoms with Crippen molar-refractivity contribution in [2.45, 2.75) is 50.9 Å². The summed E-state index contributed by atoms with van der Waals surface area (Å²) in [5.74, 6) is 1.13. The van der Waals surface area contributed by atoms with E-state index in [0.29, 0.717) is 30.6 Å². The van der Waals surface area contributed by atoms with Gasteiger partial charge in [-0.3, -0.25) is 9.10 Å². The van der Waals surface area contributed by atoms with E-state index in [9.17, 15) is 13.2 Å². The van der Waals surface area contributed by atoms with Gasteiger partial charge in [0.2, 0.25) is 10.0 Å². The van der Waals surface area contributed by atoms with Crippen molar-refractivity contribution in [2.24, 2.45) is 17.6 Å². The number of amides is 1. The van der Waals surface area contributed by atoms with E-state index in [1.165, 1.54) is 13.1 Å². The van der Waals surface area contributed by atoms with E-state index in [-0.39, 0.29) is 23.0 Å². The van der Waals surface area contributed by atoms with Crippen LogP contribution in [0.3, 0.4) is 0 Å². The van der Waals surface area contributed by atoms with Gasteiger partial charge in [0.1, 0.15) is 11.6 Å².